The van der Waals surface area contributed by atoms with Crippen molar-refractivity contribution in [2.45, 2.75) is 45.5 Å². The van der Waals surface area contributed by atoms with Gasteiger partial charge in [-0.25, -0.2) is 0 Å². The molecule has 162 valence electrons. The maximum absolute atomic E-state index is 13.1. The lowest BCUT2D eigenvalue weighted by molar-refractivity contribution is -0.139. The van der Waals surface area contributed by atoms with E-state index < -0.39 is 6.04 Å². The Morgan fingerprint density at radius 3 is 2.53 bits per heavy atom. The summed E-state index contributed by atoms with van der Waals surface area (Å²) in [4.78, 5) is 27.4. The lowest BCUT2D eigenvalue weighted by Crippen LogP contribution is -2.49. The Balaban J connectivity index is 2.15. The molecule has 0 saturated heterocycles. The van der Waals surface area contributed by atoms with Gasteiger partial charge in [0.25, 0.3) is 0 Å². The first-order valence-corrected chi connectivity index (χ1v) is 11.9. The molecule has 0 aromatic heterocycles. The fourth-order valence-electron chi connectivity index (χ4n) is 3.19. The van der Waals surface area contributed by atoms with Crippen LogP contribution in [0.3, 0.4) is 0 Å². The van der Waals surface area contributed by atoms with E-state index in [0.29, 0.717) is 23.0 Å². The van der Waals surface area contributed by atoms with Crippen LogP contribution in [0, 0.1) is 6.92 Å². The van der Waals surface area contributed by atoms with Gasteiger partial charge in [0.05, 0.1) is 5.75 Å². The molecule has 0 aliphatic rings. The maximum Gasteiger partial charge on any atom is 0.242 e. The quantitative estimate of drug-likeness (QED) is 0.504. The molecule has 30 heavy (non-hydrogen) atoms. The van der Waals surface area contributed by atoms with Crippen LogP contribution < -0.4 is 5.32 Å². The average Bonchev–Trinajstić information content (AvgIpc) is 2.69. The normalized spacial score (nSPS) is 11.8. The van der Waals surface area contributed by atoms with E-state index in [4.69, 9.17) is 23.2 Å². The van der Waals surface area contributed by atoms with Gasteiger partial charge >= 0.3 is 0 Å². The second-order valence-electron chi connectivity index (χ2n) is 7.06. The standard InChI is InChI=1S/C23H28Cl2N2O2S/c1-4-21(23(29)26-5-2)27(13-18-9-10-19(24)12-20(18)25)22(28)15-30-14-17-8-6-7-16(3)11-17/h6-12,21H,4-5,13-15H2,1-3H3,(H,26,29)/t21-/m1/s1. The van der Waals surface area contributed by atoms with Gasteiger partial charge in [-0.1, -0.05) is 66.0 Å². The lowest BCUT2D eigenvalue weighted by Gasteiger charge is -2.30. The number of amides is 2. The Bertz CT molecular complexity index is 876. The lowest BCUT2D eigenvalue weighted by atomic mass is 10.1. The van der Waals surface area contributed by atoms with Gasteiger partial charge in [0.15, 0.2) is 0 Å². The number of rotatable bonds is 10. The Morgan fingerprint density at radius 2 is 1.90 bits per heavy atom. The number of aryl methyl sites for hydroxylation is 1. The highest BCUT2D eigenvalue weighted by Crippen LogP contribution is 2.24. The minimum absolute atomic E-state index is 0.0863. The molecule has 0 bridgehead atoms. The van der Waals surface area contributed by atoms with E-state index in [-0.39, 0.29) is 24.1 Å². The van der Waals surface area contributed by atoms with E-state index in [2.05, 4.69) is 30.4 Å². The summed E-state index contributed by atoms with van der Waals surface area (Å²) in [5.41, 5.74) is 3.14. The fourth-order valence-corrected chi connectivity index (χ4v) is 4.51. The third-order valence-electron chi connectivity index (χ3n) is 4.67. The SMILES string of the molecule is CCNC(=O)[C@@H](CC)N(Cc1ccc(Cl)cc1Cl)C(=O)CSCc1cccc(C)c1. The van der Waals surface area contributed by atoms with Crippen LogP contribution >= 0.6 is 35.0 Å². The van der Waals surface area contributed by atoms with Crippen LogP contribution in [0.25, 0.3) is 0 Å². The van der Waals surface area contributed by atoms with Crippen molar-refractivity contribution in [1.82, 2.24) is 10.2 Å². The first-order chi connectivity index (χ1) is 14.3. The van der Waals surface area contributed by atoms with E-state index >= 15 is 0 Å². The zero-order chi connectivity index (χ0) is 22.1. The average molecular weight is 467 g/mol. The molecule has 1 N–H and O–H groups in total. The maximum atomic E-state index is 13.1. The molecule has 0 aliphatic carbocycles. The van der Waals surface area contributed by atoms with Crippen molar-refractivity contribution in [2.24, 2.45) is 0 Å². The zero-order valence-electron chi connectivity index (χ0n) is 17.6. The molecule has 0 heterocycles. The summed E-state index contributed by atoms with van der Waals surface area (Å²) >= 11 is 13.9. The van der Waals surface area contributed by atoms with Crippen molar-refractivity contribution in [3.05, 3.63) is 69.2 Å². The number of benzene rings is 2. The summed E-state index contributed by atoms with van der Waals surface area (Å²) < 4.78 is 0. The molecule has 0 aliphatic heterocycles. The molecule has 2 aromatic carbocycles. The predicted octanol–water partition coefficient (Wildman–Crippen LogP) is 5.48. The van der Waals surface area contributed by atoms with Gasteiger partial charge in [-0.05, 0) is 43.5 Å². The van der Waals surface area contributed by atoms with Crippen LogP contribution in [-0.2, 0) is 21.9 Å². The fraction of sp³-hybridized carbons (Fsp3) is 0.391. The molecule has 2 rings (SSSR count). The molecule has 4 nitrogen and oxygen atoms in total. The molecule has 0 fully saturated rings. The molecule has 0 saturated carbocycles. The summed E-state index contributed by atoms with van der Waals surface area (Å²) in [6.07, 6.45) is 0.519. The van der Waals surface area contributed by atoms with Gasteiger partial charge in [-0.2, -0.15) is 0 Å². The number of hydrogen-bond acceptors (Lipinski definition) is 3. The summed E-state index contributed by atoms with van der Waals surface area (Å²) in [6, 6.07) is 12.9. The number of carbonyl (C=O) groups excluding carboxylic acids is 2. The van der Waals surface area contributed by atoms with E-state index in [0.717, 1.165) is 11.3 Å². The number of nitrogens with one attached hydrogen (secondary N) is 1. The van der Waals surface area contributed by atoms with Crippen molar-refractivity contribution >= 4 is 46.8 Å². The van der Waals surface area contributed by atoms with E-state index in [1.807, 2.05) is 19.9 Å². The predicted molar refractivity (Wildman–Crippen MR) is 127 cm³/mol. The van der Waals surface area contributed by atoms with E-state index in [1.165, 1.54) is 11.1 Å². The van der Waals surface area contributed by atoms with Gasteiger partial charge < -0.3 is 10.2 Å². The van der Waals surface area contributed by atoms with E-state index in [9.17, 15) is 9.59 Å². The number of halogens is 2. The van der Waals surface area contributed by atoms with Crippen LogP contribution in [0.2, 0.25) is 10.0 Å². The largest absolute Gasteiger partial charge is 0.355 e. The first-order valence-electron chi connectivity index (χ1n) is 10.00. The highest BCUT2D eigenvalue weighted by atomic mass is 35.5. The van der Waals surface area contributed by atoms with Crippen LogP contribution in [-0.4, -0.2) is 35.1 Å². The van der Waals surface area contributed by atoms with Crippen molar-refractivity contribution < 1.29 is 9.59 Å². The Kier molecular flexibility index (Phi) is 10.0. The zero-order valence-corrected chi connectivity index (χ0v) is 19.9. The van der Waals surface area contributed by atoms with Crippen molar-refractivity contribution in [3.8, 4) is 0 Å². The number of carbonyl (C=O) groups is 2. The molecule has 7 heteroatoms. The summed E-state index contributed by atoms with van der Waals surface area (Å²) in [5.74, 6) is 0.787. The number of nitrogens with zero attached hydrogens (tertiary/aromatic N) is 1. The van der Waals surface area contributed by atoms with Gasteiger partial charge in [-0.15, -0.1) is 11.8 Å². The molecule has 2 aromatic rings. The summed E-state index contributed by atoms with van der Waals surface area (Å²) in [7, 11) is 0. The van der Waals surface area contributed by atoms with Crippen molar-refractivity contribution in [1.29, 1.82) is 0 Å². The first kappa shape index (κ1) is 24.6. The van der Waals surface area contributed by atoms with Crippen LogP contribution in [0.5, 0.6) is 0 Å². The van der Waals surface area contributed by atoms with Crippen LogP contribution in [0.4, 0.5) is 0 Å². The Hall–Kier alpha value is -1.69. The van der Waals surface area contributed by atoms with Crippen LogP contribution in [0.1, 0.15) is 37.0 Å². The third-order valence-corrected chi connectivity index (χ3v) is 6.24. The number of hydrogen-bond donors (Lipinski definition) is 1. The molecular formula is C23H28Cl2N2O2S. The summed E-state index contributed by atoms with van der Waals surface area (Å²) in [6.45, 7) is 6.60. The van der Waals surface area contributed by atoms with Gasteiger partial charge in [0.2, 0.25) is 11.8 Å². The molecule has 0 radical (unpaired) electrons. The van der Waals surface area contributed by atoms with Crippen molar-refractivity contribution in [3.63, 3.8) is 0 Å². The molecular weight excluding hydrogens is 439 g/mol. The summed E-state index contributed by atoms with van der Waals surface area (Å²) in [5, 5.41) is 3.85. The van der Waals surface area contributed by atoms with Crippen LogP contribution in [0.15, 0.2) is 42.5 Å². The minimum atomic E-state index is -0.552. The molecule has 0 unspecified atom stereocenters. The molecule has 1 atom stereocenters. The molecule has 0 spiro atoms. The van der Waals surface area contributed by atoms with Crippen molar-refractivity contribution in [2.75, 3.05) is 12.3 Å². The monoisotopic (exact) mass is 466 g/mol. The van der Waals surface area contributed by atoms with E-state index in [1.54, 1.807) is 34.9 Å². The topological polar surface area (TPSA) is 49.4 Å². The highest BCUT2D eigenvalue weighted by Gasteiger charge is 2.28. The molecule has 2 amide bonds. The second kappa shape index (κ2) is 12.2. The van der Waals surface area contributed by atoms with Gasteiger partial charge in [-0.3, -0.25) is 9.59 Å². The van der Waals surface area contributed by atoms with Gasteiger partial charge in [0.1, 0.15) is 6.04 Å². The van der Waals surface area contributed by atoms with Gasteiger partial charge in [0, 0.05) is 28.9 Å². The Morgan fingerprint density at radius 1 is 1.13 bits per heavy atom. The number of likely N-dealkylation sites (N-methyl/N-ethyl adjacent to an activating group) is 1. The number of thioether (sulfide) groups is 1. The smallest absolute Gasteiger partial charge is 0.242 e. The highest BCUT2D eigenvalue weighted by molar-refractivity contribution is 7.99. The third kappa shape index (κ3) is 7.22. The Labute approximate surface area is 193 Å². The minimum Gasteiger partial charge on any atom is -0.355 e. The second-order valence-corrected chi connectivity index (χ2v) is 8.89.